The molecule has 2 nitrogen and oxygen atoms in total. The van der Waals surface area contributed by atoms with Gasteiger partial charge in [0.1, 0.15) is 17.4 Å². The molecule has 29 heavy (non-hydrogen) atoms. The van der Waals surface area contributed by atoms with Crippen molar-refractivity contribution in [3.63, 3.8) is 0 Å². The molecule has 1 atom stereocenters. The number of rotatable bonds is 13. The van der Waals surface area contributed by atoms with E-state index in [0.29, 0.717) is 18.1 Å². The fourth-order valence-corrected chi connectivity index (χ4v) is 4.00. The Bertz CT molecular complexity index is 760. The van der Waals surface area contributed by atoms with Crippen LogP contribution in [0.2, 0.25) is 0 Å². The second kappa shape index (κ2) is 13.0. The van der Waals surface area contributed by atoms with E-state index in [1.807, 2.05) is 18.2 Å². The van der Waals surface area contributed by atoms with E-state index in [0.717, 1.165) is 29.7 Å². The molecule has 0 heterocycles. The van der Waals surface area contributed by atoms with Crippen molar-refractivity contribution in [1.82, 2.24) is 0 Å². The lowest BCUT2D eigenvalue weighted by Crippen LogP contribution is -2.07. The Morgan fingerprint density at radius 3 is 2.24 bits per heavy atom. The van der Waals surface area contributed by atoms with Crippen LogP contribution in [0.5, 0.6) is 5.75 Å². The Morgan fingerprint density at radius 1 is 0.862 bits per heavy atom. The van der Waals surface area contributed by atoms with E-state index >= 15 is 0 Å². The van der Waals surface area contributed by atoms with Crippen molar-refractivity contribution in [3.8, 4) is 22.9 Å². The molecule has 0 aromatic heterocycles. The molecule has 2 aromatic rings. The molecule has 1 unspecified atom stereocenters. The predicted octanol–water partition coefficient (Wildman–Crippen LogP) is 8.26. The second-order valence-electron chi connectivity index (χ2n) is 7.89. The Labute approximate surface area is 177 Å². The topological polar surface area (TPSA) is 33.0 Å². The van der Waals surface area contributed by atoms with Gasteiger partial charge in [0.15, 0.2) is 0 Å². The first-order valence-corrected chi connectivity index (χ1v) is 11.5. The number of ether oxygens (including phenoxy) is 1. The highest BCUT2D eigenvalue weighted by Crippen LogP contribution is 2.40. The summed E-state index contributed by atoms with van der Waals surface area (Å²) in [5.41, 5.74) is 3.94. The Kier molecular flexibility index (Phi) is 10.4. The van der Waals surface area contributed by atoms with E-state index < -0.39 is 0 Å². The van der Waals surface area contributed by atoms with Gasteiger partial charge in [0.2, 0.25) is 0 Å². The highest BCUT2D eigenvalue weighted by molar-refractivity contribution is 5.75. The zero-order valence-electron chi connectivity index (χ0n) is 18.5. The van der Waals surface area contributed by atoms with Crippen molar-refractivity contribution in [2.24, 2.45) is 0 Å². The van der Waals surface area contributed by atoms with Gasteiger partial charge in [-0.15, -0.1) is 0 Å². The van der Waals surface area contributed by atoms with E-state index in [2.05, 4.69) is 51.1 Å². The maximum absolute atomic E-state index is 10.0. The van der Waals surface area contributed by atoms with Crippen LogP contribution in [0.25, 0.3) is 11.1 Å². The molecule has 0 saturated heterocycles. The summed E-state index contributed by atoms with van der Waals surface area (Å²) < 4.78 is 6.19. The highest BCUT2D eigenvalue weighted by Gasteiger charge is 2.21. The smallest absolute Gasteiger partial charge is 0.141 e. The van der Waals surface area contributed by atoms with Crippen molar-refractivity contribution in [2.45, 2.75) is 84.5 Å². The Balaban J connectivity index is 2.28. The van der Waals surface area contributed by atoms with Gasteiger partial charge in [-0.05, 0) is 36.3 Å². The molecular formula is C27H37NO. The third-order valence-corrected chi connectivity index (χ3v) is 5.67. The largest absolute Gasteiger partial charge is 0.492 e. The third-order valence-electron chi connectivity index (χ3n) is 5.67. The maximum Gasteiger partial charge on any atom is 0.141 e. The average Bonchev–Trinajstić information content (AvgIpc) is 2.77. The number of benzene rings is 2. The molecule has 0 N–H and O–H groups in total. The summed E-state index contributed by atoms with van der Waals surface area (Å²) in [4.78, 5) is 0. The van der Waals surface area contributed by atoms with Gasteiger partial charge in [-0.2, -0.15) is 5.26 Å². The average molecular weight is 392 g/mol. The highest BCUT2D eigenvalue weighted by atomic mass is 16.5. The van der Waals surface area contributed by atoms with Gasteiger partial charge in [-0.25, -0.2) is 0 Å². The van der Waals surface area contributed by atoms with Crippen LogP contribution in [0.15, 0.2) is 42.5 Å². The lowest BCUT2D eigenvalue weighted by Gasteiger charge is -2.22. The quantitative estimate of drug-likeness (QED) is 0.322. The maximum atomic E-state index is 10.0. The van der Waals surface area contributed by atoms with Crippen LogP contribution in [0.4, 0.5) is 0 Å². The lowest BCUT2D eigenvalue weighted by molar-refractivity contribution is 0.310. The Hall–Kier alpha value is -2.27. The fourth-order valence-electron chi connectivity index (χ4n) is 4.00. The fraction of sp³-hybridized carbons (Fsp3) is 0.519. The van der Waals surface area contributed by atoms with Gasteiger partial charge in [0, 0.05) is 5.56 Å². The summed E-state index contributed by atoms with van der Waals surface area (Å²) in [6.45, 7) is 7.27. The van der Waals surface area contributed by atoms with Gasteiger partial charge in [-0.3, -0.25) is 0 Å². The lowest BCUT2D eigenvalue weighted by atomic mass is 9.86. The van der Waals surface area contributed by atoms with Gasteiger partial charge in [0.25, 0.3) is 0 Å². The van der Waals surface area contributed by atoms with Crippen LogP contribution >= 0.6 is 0 Å². The first kappa shape index (κ1) is 23.0. The van der Waals surface area contributed by atoms with Crippen LogP contribution in [0, 0.1) is 11.3 Å². The SMILES string of the molecule is CCCCCCCCC(CC)c1ccc(-c2ccccc2)c(C#N)c1OCCC. The number of hydrogen-bond acceptors (Lipinski definition) is 2. The first-order valence-electron chi connectivity index (χ1n) is 11.5. The first-order chi connectivity index (χ1) is 14.3. The Morgan fingerprint density at radius 2 is 1.59 bits per heavy atom. The zero-order chi connectivity index (χ0) is 20.9. The predicted molar refractivity (Wildman–Crippen MR) is 123 cm³/mol. The van der Waals surface area contributed by atoms with Crippen LogP contribution in [0.1, 0.15) is 95.6 Å². The molecular weight excluding hydrogens is 354 g/mol. The normalized spacial score (nSPS) is 11.8. The molecule has 156 valence electrons. The number of unbranched alkanes of at least 4 members (excludes halogenated alkanes) is 5. The van der Waals surface area contributed by atoms with Gasteiger partial charge >= 0.3 is 0 Å². The minimum Gasteiger partial charge on any atom is -0.492 e. The molecule has 0 aliphatic rings. The van der Waals surface area contributed by atoms with Gasteiger partial charge in [-0.1, -0.05) is 102 Å². The molecule has 0 aliphatic carbocycles. The number of hydrogen-bond donors (Lipinski definition) is 0. The molecule has 2 rings (SSSR count). The van der Waals surface area contributed by atoms with Crippen molar-refractivity contribution >= 4 is 0 Å². The summed E-state index contributed by atoms with van der Waals surface area (Å²) in [6.07, 6.45) is 11.1. The summed E-state index contributed by atoms with van der Waals surface area (Å²) in [6, 6.07) is 16.9. The minimum absolute atomic E-state index is 0.449. The van der Waals surface area contributed by atoms with Crippen LogP contribution in [0.3, 0.4) is 0 Å². The van der Waals surface area contributed by atoms with Crippen LogP contribution < -0.4 is 4.74 Å². The third kappa shape index (κ3) is 6.64. The molecule has 0 saturated carbocycles. The summed E-state index contributed by atoms with van der Waals surface area (Å²) in [7, 11) is 0. The van der Waals surface area contributed by atoms with E-state index in [4.69, 9.17) is 4.74 Å². The van der Waals surface area contributed by atoms with Gasteiger partial charge in [0.05, 0.1) is 6.61 Å². The number of nitriles is 1. The molecule has 0 spiro atoms. The van der Waals surface area contributed by atoms with E-state index in [1.54, 1.807) is 0 Å². The van der Waals surface area contributed by atoms with Crippen molar-refractivity contribution in [1.29, 1.82) is 5.26 Å². The van der Waals surface area contributed by atoms with E-state index in [1.165, 1.54) is 50.5 Å². The zero-order valence-corrected chi connectivity index (χ0v) is 18.5. The van der Waals surface area contributed by atoms with E-state index in [-0.39, 0.29) is 0 Å². The molecule has 0 bridgehead atoms. The van der Waals surface area contributed by atoms with Crippen LogP contribution in [-0.4, -0.2) is 6.61 Å². The monoisotopic (exact) mass is 391 g/mol. The molecule has 2 aromatic carbocycles. The summed E-state index contributed by atoms with van der Waals surface area (Å²) >= 11 is 0. The molecule has 2 heteroatoms. The molecule has 0 amide bonds. The second-order valence-corrected chi connectivity index (χ2v) is 7.89. The number of nitrogens with zero attached hydrogens (tertiary/aromatic N) is 1. The molecule has 0 aliphatic heterocycles. The van der Waals surface area contributed by atoms with Gasteiger partial charge < -0.3 is 4.74 Å². The molecule has 0 radical (unpaired) electrons. The summed E-state index contributed by atoms with van der Waals surface area (Å²) in [5.74, 6) is 1.26. The van der Waals surface area contributed by atoms with E-state index in [9.17, 15) is 5.26 Å². The standard InChI is InChI=1S/C27H37NO/c1-4-7-8-9-10-12-15-22(6-3)25-19-18-24(23-16-13-11-14-17-23)26(21-28)27(25)29-20-5-2/h11,13-14,16-19,22H,4-10,12,15,20H2,1-3H3. The molecule has 0 fully saturated rings. The van der Waals surface area contributed by atoms with Crippen LogP contribution in [-0.2, 0) is 0 Å². The minimum atomic E-state index is 0.449. The van der Waals surface area contributed by atoms with Crippen molar-refractivity contribution in [3.05, 3.63) is 53.6 Å². The summed E-state index contributed by atoms with van der Waals surface area (Å²) in [5, 5.41) is 10.0. The van der Waals surface area contributed by atoms with Crippen molar-refractivity contribution < 1.29 is 4.74 Å². The van der Waals surface area contributed by atoms with Crippen molar-refractivity contribution in [2.75, 3.05) is 6.61 Å².